The van der Waals surface area contributed by atoms with Gasteiger partial charge in [0.25, 0.3) is 5.91 Å². The molecule has 1 N–H and O–H groups in total. The SMILES string of the molecule is O=C(c1ccc2c(c1)OCO2)N(CCN1CCCC1)Cc1cn[nH]c1-c1ccccc1. The van der Waals surface area contributed by atoms with Crippen LogP contribution in [0.5, 0.6) is 11.5 Å². The van der Waals surface area contributed by atoms with Crippen molar-refractivity contribution in [3.05, 3.63) is 65.9 Å². The number of carbonyl (C=O) groups is 1. The highest BCUT2D eigenvalue weighted by Gasteiger charge is 2.23. The zero-order valence-electron chi connectivity index (χ0n) is 17.4. The molecule has 0 bridgehead atoms. The van der Waals surface area contributed by atoms with E-state index in [9.17, 15) is 4.79 Å². The summed E-state index contributed by atoms with van der Waals surface area (Å²) in [6.45, 7) is 4.42. The van der Waals surface area contributed by atoms with Crippen LogP contribution in [-0.4, -0.2) is 58.9 Å². The minimum Gasteiger partial charge on any atom is -0.454 e. The lowest BCUT2D eigenvalue weighted by molar-refractivity contribution is 0.0727. The normalized spacial score (nSPS) is 15.4. The Morgan fingerprint density at radius 3 is 2.71 bits per heavy atom. The van der Waals surface area contributed by atoms with E-state index in [1.54, 1.807) is 6.07 Å². The van der Waals surface area contributed by atoms with Gasteiger partial charge in [-0.25, -0.2) is 0 Å². The Bertz CT molecular complexity index is 1040. The molecule has 0 radical (unpaired) electrons. The van der Waals surface area contributed by atoms with Gasteiger partial charge in [-0.3, -0.25) is 9.89 Å². The van der Waals surface area contributed by atoms with E-state index in [1.165, 1.54) is 12.8 Å². The summed E-state index contributed by atoms with van der Waals surface area (Å²) in [7, 11) is 0. The molecular weight excluding hydrogens is 392 g/mol. The Morgan fingerprint density at radius 1 is 1.06 bits per heavy atom. The van der Waals surface area contributed by atoms with Crippen molar-refractivity contribution in [2.75, 3.05) is 33.0 Å². The van der Waals surface area contributed by atoms with Crippen LogP contribution in [0.2, 0.25) is 0 Å². The molecule has 1 aromatic heterocycles. The van der Waals surface area contributed by atoms with Crippen molar-refractivity contribution >= 4 is 5.91 Å². The minimum atomic E-state index is -0.0160. The maximum Gasteiger partial charge on any atom is 0.254 e. The molecule has 1 amide bonds. The maximum absolute atomic E-state index is 13.5. The summed E-state index contributed by atoms with van der Waals surface area (Å²) < 4.78 is 10.9. The Hall–Kier alpha value is -3.32. The topological polar surface area (TPSA) is 70.7 Å². The number of ether oxygens (including phenoxy) is 2. The molecule has 7 heteroatoms. The number of hydrogen-bond donors (Lipinski definition) is 1. The van der Waals surface area contributed by atoms with E-state index < -0.39 is 0 Å². The van der Waals surface area contributed by atoms with Crippen LogP contribution in [-0.2, 0) is 6.54 Å². The first-order chi connectivity index (χ1) is 15.3. The molecule has 5 rings (SSSR count). The highest BCUT2D eigenvalue weighted by Crippen LogP contribution is 2.33. The number of H-pyrrole nitrogens is 1. The van der Waals surface area contributed by atoms with Crippen LogP contribution in [0.1, 0.15) is 28.8 Å². The number of benzene rings is 2. The van der Waals surface area contributed by atoms with Crippen molar-refractivity contribution in [1.82, 2.24) is 20.0 Å². The fourth-order valence-corrected chi connectivity index (χ4v) is 4.22. The summed E-state index contributed by atoms with van der Waals surface area (Å²) in [6, 6.07) is 15.5. The molecule has 0 atom stereocenters. The van der Waals surface area contributed by atoms with Crippen LogP contribution >= 0.6 is 0 Å². The number of nitrogens with one attached hydrogen (secondary N) is 1. The Balaban J connectivity index is 1.39. The Labute approximate surface area is 181 Å². The van der Waals surface area contributed by atoms with Gasteiger partial charge in [0.2, 0.25) is 6.79 Å². The molecule has 3 heterocycles. The standard InChI is InChI=1S/C24H26N4O3/c29-24(19-8-9-21-22(14-19)31-17-30-21)28(13-12-27-10-4-5-11-27)16-20-15-25-26-23(20)18-6-2-1-3-7-18/h1-3,6-9,14-15H,4-5,10-13,16-17H2,(H,25,26). The van der Waals surface area contributed by atoms with Crippen molar-refractivity contribution in [3.63, 3.8) is 0 Å². The number of aromatic nitrogens is 2. The monoisotopic (exact) mass is 418 g/mol. The van der Waals surface area contributed by atoms with Gasteiger partial charge in [-0.05, 0) is 49.7 Å². The zero-order valence-corrected chi connectivity index (χ0v) is 17.4. The summed E-state index contributed by atoms with van der Waals surface area (Å²) in [5.41, 5.74) is 3.62. The van der Waals surface area contributed by atoms with E-state index in [4.69, 9.17) is 9.47 Å². The lowest BCUT2D eigenvalue weighted by Crippen LogP contribution is -2.37. The van der Waals surface area contributed by atoms with E-state index in [1.807, 2.05) is 53.6 Å². The summed E-state index contributed by atoms with van der Waals surface area (Å²) in [4.78, 5) is 17.8. The van der Waals surface area contributed by atoms with Crippen LogP contribution in [0, 0.1) is 0 Å². The molecule has 7 nitrogen and oxygen atoms in total. The van der Waals surface area contributed by atoms with Gasteiger partial charge in [0.05, 0.1) is 11.9 Å². The first-order valence-corrected chi connectivity index (χ1v) is 10.8. The van der Waals surface area contributed by atoms with E-state index in [2.05, 4.69) is 15.1 Å². The molecule has 1 saturated heterocycles. The van der Waals surface area contributed by atoms with Gasteiger partial charge in [0.15, 0.2) is 11.5 Å². The summed E-state index contributed by atoms with van der Waals surface area (Å²) in [5.74, 6) is 1.29. The molecule has 0 saturated carbocycles. The molecule has 160 valence electrons. The number of likely N-dealkylation sites (tertiary alicyclic amines) is 1. The number of hydrogen-bond acceptors (Lipinski definition) is 5. The third-order valence-electron chi connectivity index (χ3n) is 5.93. The maximum atomic E-state index is 13.5. The highest BCUT2D eigenvalue weighted by atomic mass is 16.7. The summed E-state index contributed by atoms with van der Waals surface area (Å²) in [6.07, 6.45) is 4.28. The molecule has 0 spiro atoms. The van der Waals surface area contributed by atoms with Crippen LogP contribution in [0.25, 0.3) is 11.3 Å². The quantitative estimate of drug-likeness (QED) is 0.636. The minimum absolute atomic E-state index is 0.0160. The van der Waals surface area contributed by atoms with Crippen LogP contribution in [0.3, 0.4) is 0 Å². The number of amides is 1. The van der Waals surface area contributed by atoms with Gasteiger partial charge in [-0.1, -0.05) is 30.3 Å². The average molecular weight is 418 g/mol. The number of aromatic amines is 1. The van der Waals surface area contributed by atoms with Crippen molar-refractivity contribution in [2.45, 2.75) is 19.4 Å². The van der Waals surface area contributed by atoms with E-state index in [0.29, 0.717) is 30.2 Å². The van der Waals surface area contributed by atoms with Crippen LogP contribution in [0.4, 0.5) is 0 Å². The molecule has 2 aliphatic heterocycles. The predicted octanol–water partition coefficient (Wildman–Crippen LogP) is 3.54. The number of rotatable bonds is 7. The third-order valence-corrected chi connectivity index (χ3v) is 5.93. The largest absolute Gasteiger partial charge is 0.454 e. The second-order valence-corrected chi connectivity index (χ2v) is 7.98. The van der Waals surface area contributed by atoms with E-state index in [0.717, 1.165) is 36.5 Å². The van der Waals surface area contributed by atoms with Gasteiger partial charge >= 0.3 is 0 Å². The number of fused-ring (bicyclic) bond motifs is 1. The lowest BCUT2D eigenvalue weighted by Gasteiger charge is -2.26. The lowest BCUT2D eigenvalue weighted by atomic mass is 10.1. The molecular formula is C24H26N4O3. The van der Waals surface area contributed by atoms with Crippen molar-refractivity contribution in [2.24, 2.45) is 0 Å². The van der Waals surface area contributed by atoms with Crippen molar-refractivity contribution in [3.8, 4) is 22.8 Å². The molecule has 3 aromatic rings. The molecule has 0 aliphatic carbocycles. The molecule has 2 aliphatic rings. The van der Waals surface area contributed by atoms with Crippen LogP contribution < -0.4 is 9.47 Å². The Kier molecular flexibility index (Phi) is 5.58. The molecule has 0 unspecified atom stereocenters. The zero-order chi connectivity index (χ0) is 21.0. The number of carbonyl (C=O) groups excluding carboxylic acids is 1. The first-order valence-electron chi connectivity index (χ1n) is 10.8. The summed E-state index contributed by atoms with van der Waals surface area (Å²) >= 11 is 0. The van der Waals surface area contributed by atoms with Gasteiger partial charge < -0.3 is 19.3 Å². The molecule has 1 fully saturated rings. The van der Waals surface area contributed by atoms with Crippen molar-refractivity contribution < 1.29 is 14.3 Å². The van der Waals surface area contributed by atoms with Gasteiger partial charge in [0, 0.05) is 30.8 Å². The van der Waals surface area contributed by atoms with Gasteiger partial charge in [0.1, 0.15) is 0 Å². The third kappa shape index (κ3) is 4.27. The average Bonchev–Trinajstić information content (AvgIpc) is 3.58. The van der Waals surface area contributed by atoms with Crippen LogP contribution in [0.15, 0.2) is 54.7 Å². The van der Waals surface area contributed by atoms with E-state index >= 15 is 0 Å². The fraction of sp³-hybridized carbons (Fsp3) is 0.333. The Morgan fingerprint density at radius 2 is 1.87 bits per heavy atom. The van der Waals surface area contributed by atoms with Gasteiger partial charge in [-0.2, -0.15) is 5.10 Å². The van der Waals surface area contributed by atoms with Gasteiger partial charge in [-0.15, -0.1) is 0 Å². The smallest absolute Gasteiger partial charge is 0.254 e. The fourth-order valence-electron chi connectivity index (χ4n) is 4.22. The highest BCUT2D eigenvalue weighted by molar-refractivity contribution is 5.95. The first kappa shape index (κ1) is 19.6. The second-order valence-electron chi connectivity index (χ2n) is 7.98. The second kappa shape index (κ2) is 8.81. The summed E-state index contributed by atoms with van der Waals surface area (Å²) in [5, 5.41) is 7.36. The van der Waals surface area contributed by atoms with Crippen molar-refractivity contribution in [1.29, 1.82) is 0 Å². The molecule has 31 heavy (non-hydrogen) atoms. The number of nitrogens with zero attached hydrogens (tertiary/aromatic N) is 3. The molecule has 2 aromatic carbocycles. The predicted molar refractivity (Wildman–Crippen MR) is 117 cm³/mol. The van der Waals surface area contributed by atoms with E-state index in [-0.39, 0.29) is 12.7 Å².